The molecule has 1 aromatic carbocycles. The molecule has 5 heteroatoms. The minimum absolute atomic E-state index is 0.0869. The van der Waals surface area contributed by atoms with Gasteiger partial charge in [-0.05, 0) is 12.1 Å². The first-order valence-electron chi connectivity index (χ1n) is 5.49. The van der Waals surface area contributed by atoms with Crippen LogP contribution < -0.4 is 0 Å². The number of carbonyl (C=O) groups is 1. The molecule has 0 atom stereocenters. The Morgan fingerprint density at radius 2 is 2.06 bits per heavy atom. The summed E-state index contributed by atoms with van der Waals surface area (Å²) in [6, 6.07) is 6.07. The number of hydrogen-bond acceptors (Lipinski definition) is 3. The first-order chi connectivity index (χ1) is 8.50. The molecule has 94 valence electrons. The van der Waals surface area contributed by atoms with E-state index in [0.29, 0.717) is 5.01 Å². The number of carboxylic acids is 1. The largest absolute Gasteiger partial charge is 0.477 e. The van der Waals surface area contributed by atoms with Crippen molar-refractivity contribution in [3.05, 3.63) is 40.0 Å². The summed E-state index contributed by atoms with van der Waals surface area (Å²) >= 11 is 1.10. The minimum atomic E-state index is -1.07. The number of halogens is 1. The van der Waals surface area contributed by atoms with Crippen LogP contribution in [0.15, 0.2) is 24.3 Å². The number of hydrogen-bond donors (Lipinski definition) is 1. The van der Waals surface area contributed by atoms with Gasteiger partial charge in [-0.1, -0.05) is 26.0 Å². The van der Waals surface area contributed by atoms with E-state index in [1.165, 1.54) is 6.07 Å². The molecule has 18 heavy (non-hydrogen) atoms. The molecule has 0 aliphatic carbocycles. The molecule has 1 N–H and O–H groups in total. The summed E-state index contributed by atoms with van der Waals surface area (Å²) in [6.45, 7) is 3.85. The van der Waals surface area contributed by atoms with E-state index in [1.54, 1.807) is 18.2 Å². The molecule has 0 radical (unpaired) electrons. The molecule has 0 saturated carbocycles. The topological polar surface area (TPSA) is 50.2 Å². The smallest absolute Gasteiger partial charge is 0.348 e. The number of nitrogens with zero attached hydrogens (tertiary/aromatic N) is 1. The zero-order chi connectivity index (χ0) is 13.3. The lowest BCUT2D eigenvalue weighted by molar-refractivity contribution is 0.0702. The summed E-state index contributed by atoms with van der Waals surface area (Å²) in [5.74, 6) is -1.41. The van der Waals surface area contributed by atoms with Crippen LogP contribution in [-0.2, 0) is 0 Å². The van der Waals surface area contributed by atoms with Gasteiger partial charge in [0.25, 0.3) is 0 Å². The van der Waals surface area contributed by atoms with Crippen molar-refractivity contribution < 1.29 is 14.3 Å². The maximum absolute atomic E-state index is 13.7. The Morgan fingerprint density at radius 3 is 2.61 bits per heavy atom. The monoisotopic (exact) mass is 265 g/mol. The van der Waals surface area contributed by atoms with E-state index in [-0.39, 0.29) is 22.1 Å². The Balaban J connectivity index is 2.63. The Kier molecular flexibility index (Phi) is 3.43. The highest BCUT2D eigenvalue weighted by molar-refractivity contribution is 7.14. The molecule has 0 aliphatic heterocycles. The molecule has 0 fully saturated rings. The third-order valence-corrected chi connectivity index (χ3v) is 3.80. The van der Waals surface area contributed by atoms with Gasteiger partial charge in [0.1, 0.15) is 10.7 Å². The zero-order valence-electron chi connectivity index (χ0n) is 9.98. The maximum atomic E-state index is 13.7. The van der Waals surface area contributed by atoms with Gasteiger partial charge in [0, 0.05) is 11.5 Å². The number of rotatable bonds is 3. The van der Waals surface area contributed by atoms with Gasteiger partial charge < -0.3 is 5.11 Å². The van der Waals surface area contributed by atoms with Crippen molar-refractivity contribution in [1.29, 1.82) is 0 Å². The van der Waals surface area contributed by atoms with Crippen LogP contribution in [0.3, 0.4) is 0 Å². The lowest BCUT2D eigenvalue weighted by Gasteiger charge is -2.00. The van der Waals surface area contributed by atoms with E-state index >= 15 is 0 Å². The number of aromatic carboxylic acids is 1. The van der Waals surface area contributed by atoms with Gasteiger partial charge >= 0.3 is 5.97 Å². The molecule has 3 nitrogen and oxygen atoms in total. The number of aromatic nitrogens is 1. The third kappa shape index (κ3) is 2.26. The molecule has 1 aromatic heterocycles. The molecule has 2 rings (SSSR count). The van der Waals surface area contributed by atoms with E-state index in [1.807, 2.05) is 13.8 Å². The Morgan fingerprint density at radius 1 is 1.39 bits per heavy atom. The normalized spacial score (nSPS) is 10.9. The average molecular weight is 265 g/mol. The maximum Gasteiger partial charge on any atom is 0.348 e. The van der Waals surface area contributed by atoms with E-state index in [4.69, 9.17) is 5.11 Å². The van der Waals surface area contributed by atoms with Gasteiger partial charge in [-0.25, -0.2) is 14.2 Å². The fourth-order valence-corrected chi connectivity index (χ4v) is 2.49. The highest BCUT2D eigenvalue weighted by atomic mass is 32.1. The summed E-state index contributed by atoms with van der Waals surface area (Å²) < 4.78 is 13.7. The minimum Gasteiger partial charge on any atom is -0.477 e. The van der Waals surface area contributed by atoms with Gasteiger partial charge in [0.2, 0.25) is 0 Å². The van der Waals surface area contributed by atoms with E-state index in [9.17, 15) is 9.18 Å². The summed E-state index contributed by atoms with van der Waals surface area (Å²) in [7, 11) is 0. The Labute approximate surface area is 108 Å². The quantitative estimate of drug-likeness (QED) is 0.919. The molecule has 2 aromatic rings. The summed E-state index contributed by atoms with van der Waals surface area (Å²) in [5.41, 5.74) is 0.451. The second-order valence-electron chi connectivity index (χ2n) is 4.17. The van der Waals surface area contributed by atoms with Gasteiger partial charge in [0.05, 0.1) is 10.7 Å². The van der Waals surface area contributed by atoms with Crippen LogP contribution in [-0.4, -0.2) is 16.1 Å². The van der Waals surface area contributed by atoms with Crippen molar-refractivity contribution in [3.63, 3.8) is 0 Å². The van der Waals surface area contributed by atoms with Crippen molar-refractivity contribution in [2.45, 2.75) is 19.8 Å². The SMILES string of the molecule is CC(C)c1nc(-c2ccccc2F)c(C(=O)O)s1. The average Bonchev–Trinajstić information content (AvgIpc) is 2.74. The molecule has 0 aliphatic rings. The third-order valence-electron chi connectivity index (χ3n) is 2.46. The lowest BCUT2D eigenvalue weighted by atomic mass is 10.1. The van der Waals surface area contributed by atoms with E-state index in [0.717, 1.165) is 11.3 Å². The van der Waals surface area contributed by atoms with Gasteiger partial charge in [-0.2, -0.15) is 0 Å². The first kappa shape index (κ1) is 12.7. The van der Waals surface area contributed by atoms with Crippen molar-refractivity contribution in [3.8, 4) is 11.3 Å². The summed E-state index contributed by atoms with van der Waals surface area (Å²) in [5, 5.41) is 9.86. The van der Waals surface area contributed by atoms with Crippen LogP contribution in [0.1, 0.15) is 34.4 Å². The first-order valence-corrected chi connectivity index (χ1v) is 6.31. The fraction of sp³-hybridized carbons (Fsp3) is 0.231. The van der Waals surface area contributed by atoms with E-state index < -0.39 is 11.8 Å². The number of benzene rings is 1. The van der Waals surface area contributed by atoms with Crippen LogP contribution in [0.4, 0.5) is 4.39 Å². The summed E-state index contributed by atoms with van der Waals surface area (Å²) in [6.07, 6.45) is 0. The summed E-state index contributed by atoms with van der Waals surface area (Å²) in [4.78, 5) is 15.5. The number of thiazole rings is 1. The molecule has 0 amide bonds. The van der Waals surface area contributed by atoms with E-state index in [2.05, 4.69) is 4.98 Å². The molecule has 0 unspecified atom stereocenters. The molecular weight excluding hydrogens is 253 g/mol. The molecule has 1 heterocycles. The second-order valence-corrected chi connectivity index (χ2v) is 5.20. The molecule has 0 bridgehead atoms. The van der Waals surface area contributed by atoms with Gasteiger partial charge in [0.15, 0.2) is 0 Å². The highest BCUT2D eigenvalue weighted by Crippen LogP contribution is 2.32. The second kappa shape index (κ2) is 4.86. The molecular formula is C13H12FNO2S. The zero-order valence-corrected chi connectivity index (χ0v) is 10.8. The van der Waals surface area contributed by atoms with Crippen LogP contribution in [0.2, 0.25) is 0 Å². The fourth-order valence-electron chi connectivity index (χ4n) is 1.56. The van der Waals surface area contributed by atoms with Crippen molar-refractivity contribution >= 4 is 17.3 Å². The van der Waals surface area contributed by atoms with Crippen LogP contribution in [0.5, 0.6) is 0 Å². The van der Waals surface area contributed by atoms with Crippen molar-refractivity contribution in [1.82, 2.24) is 4.98 Å². The standard InChI is InChI=1S/C13H12FNO2S/c1-7(2)12-15-10(11(18-12)13(16)17)8-5-3-4-6-9(8)14/h3-7H,1-2H3,(H,16,17). The van der Waals surface area contributed by atoms with Crippen molar-refractivity contribution in [2.24, 2.45) is 0 Å². The Hall–Kier alpha value is -1.75. The van der Waals surface area contributed by atoms with Crippen molar-refractivity contribution in [2.75, 3.05) is 0 Å². The lowest BCUT2D eigenvalue weighted by Crippen LogP contribution is -1.96. The van der Waals surface area contributed by atoms with Crippen LogP contribution in [0, 0.1) is 5.82 Å². The highest BCUT2D eigenvalue weighted by Gasteiger charge is 2.21. The number of carboxylic acid groups (broad SMARTS) is 1. The van der Waals surface area contributed by atoms with Crippen LogP contribution in [0.25, 0.3) is 11.3 Å². The molecule has 0 saturated heterocycles. The predicted octanol–water partition coefficient (Wildman–Crippen LogP) is 3.77. The van der Waals surface area contributed by atoms with Gasteiger partial charge in [-0.15, -0.1) is 11.3 Å². The Bertz CT molecular complexity index is 592. The van der Waals surface area contributed by atoms with Crippen LogP contribution >= 0.6 is 11.3 Å². The van der Waals surface area contributed by atoms with Gasteiger partial charge in [-0.3, -0.25) is 0 Å². The molecule has 0 spiro atoms. The predicted molar refractivity (Wildman–Crippen MR) is 68.6 cm³/mol.